The molecule has 3 nitrogen and oxygen atoms in total. The number of thiazole rings is 1. The second-order valence-electron chi connectivity index (χ2n) is 4.30. The molecular weight excluding hydrogens is 264 g/mol. The lowest BCUT2D eigenvalue weighted by molar-refractivity contribution is -0.116. The van der Waals surface area contributed by atoms with Crippen LogP contribution in [0.4, 0.5) is 5.13 Å². The van der Waals surface area contributed by atoms with E-state index < -0.39 is 0 Å². The molecule has 96 valence electrons. The van der Waals surface area contributed by atoms with E-state index >= 15 is 0 Å². The van der Waals surface area contributed by atoms with Gasteiger partial charge in [-0.05, 0) is 49.3 Å². The first-order valence-corrected chi connectivity index (χ1v) is 7.33. The minimum atomic E-state index is 0.0107. The van der Waals surface area contributed by atoms with Gasteiger partial charge in [0, 0.05) is 6.42 Å². The van der Waals surface area contributed by atoms with Crippen molar-refractivity contribution >= 4 is 45.2 Å². The summed E-state index contributed by atoms with van der Waals surface area (Å²) in [5, 5.41) is 3.52. The van der Waals surface area contributed by atoms with Gasteiger partial charge in [-0.3, -0.25) is 4.79 Å². The van der Waals surface area contributed by atoms with Crippen LogP contribution in [0.25, 0.3) is 10.2 Å². The second-order valence-corrected chi connectivity index (χ2v) is 5.78. The maximum Gasteiger partial charge on any atom is 0.226 e. The Morgan fingerprint density at radius 1 is 1.39 bits per heavy atom. The predicted molar refractivity (Wildman–Crippen MR) is 80.8 cm³/mol. The van der Waals surface area contributed by atoms with Crippen LogP contribution in [-0.2, 0) is 4.79 Å². The molecule has 0 bridgehead atoms. The van der Waals surface area contributed by atoms with Crippen molar-refractivity contribution in [2.24, 2.45) is 0 Å². The number of rotatable bonds is 4. The van der Waals surface area contributed by atoms with E-state index in [1.54, 1.807) is 0 Å². The number of fused-ring (bicyclic) bond motifs is 1. The summed E-state index contributed by atoms with van der Waals surface area (Å²) in [7, 11) is 0. The molecule has 0 atom stereocenters. The number of nitrogens with one attached hydrogen (secondary N) is 1. The number of aromatic nitrogens is 1. The minimum Gasteiger partial charge on any atom is -0.302 e. The molecular formula is C13H16N2OS2. The summed E-state index contributed by atoms with van der Waals surface area (Å²) in [5.74, 6) is 0.739. The van der Waals surface area contributed by atoms with Gasteiger partial charge >= 0.3 is 0 Å². The third-order valence-electron chi connectivity index (χ3n) is 2.81. The molecule has 0 aliphatic heterocycles. The molecule has 1 aromatic heterocycles. The number of hydrogen-bond donors (Lipinski definition) is 2. The van der Waals surface area contributed by atoms with E-state index in [4.69, 9.17) is 0 Å². The molecule has 0 radical (unpaired) electrons. The van der Waals surface area contributed by atoms with Gasteiger partial charge in [0.25, 0.3) is 0 Å². The van der Waals surface area contributed by atoms with Crippen LogP contribution in [0.2, 0.25) is 0 Å². The Morgan fingerprint density at radius 2 is 2.11 bits per heavy atom. The zero-order valence-corrected chi connectivity index (χ0v) is 12.2. The SMILES string of the molecule is Cc1cc2nc(NC(=O)CCCS)sc2cc1C. The van der Waals surface area contributed by atoms with Crippen molar-refractivity contribution in [2.45, 2.75) is 26.7 Å². The standard InChI is InChI=1S/C13H16N2OS2/c1-8-6-10-11(7-9(8)2)18-13(14-10)15-12(16)4-3-5-17/h6-7,17H,3-5H2,1-2H3,(H,14,15,16). The van der Waals surface area contributed by atoms with E-state index in [1.807, 2.05) is 0 Å². The highest BCUT2D eigenvalue weighted by Crippen LogP contribution is 2.28. The summed E-state index contributed by atoms with van der Waals surface area (Å²) in [6.07, 6.45) is 1.29. The van der Waals surface area contributed by atoms with Crippen LogP contribution >= 0.6 is 24.0 Å². The number of carbonyl (C=O) groups is 1. The summed E-state index contributed by atoms with van der Waals surface area (Å²) in [6, 6.07) is 4.18. The lowest BCUT2D eigenvalue weighted by atomic mass is 10.1. The maximum absolute atomic E-state index is 11.6. The molecule has 0 aliphatic carbocycles. The second kappa shape index (κ2) is 5.71. The average Bonchev–Trinajstić information content (AvgIpc) is 2.68. The van der Waals surface area contributed by atoms with Gasteiger partial charge in [-0.2, -0.15) is 12.6 Å². The quantitative estimate of drug-likeness (QED) is 0.841. The fraction of sp³-hybridized carbons (Fsp3) is 0.385. The Balaban J connectivity index is 2.17. The van der Waals surface area contributed by atoms with E-state index in [1.165, 1.54) is 22.5 Å². The molecule has 2 rings (SSSR count). The van der Waals surface area contributed by atoms with Gasteiger partial charge < -0.3 is 5.32 Å². The van der Waals surface area contributed by atoms with Crippen molar-refractivity contribution in [2.75, 3.05) is 11.1 Å². The number of benzene rings is 1. The molecule has 1 aromatic carbocycles. The Hall–Kier alpha value is -1.07. The van der Waals surface area contributed by atoms with Crippen molar-refractivity contribution in [3.8, 4) is 0 Å². The molecule has 1 heterocycles. The molecule has 18 heavy (non-hydrogen) atoms. The summed E-state index contributed by atoms with van der Waals surface area (Å²) in [4.78, 5) is 16.0. The fourth-order valence-electron chi connectivity index (χ4n) is 1.65. The van der Waals surface area contributed by atoms with Gasteiger partial charge in [0.2, 0.25) is 5.91 Å². The van der Waals surface area contributed by atoms with E-state index in [0.29, 0.717) is 11.6 Å². The van der Waals surface area contributed by atoms with Gasteiger partial charge in [0.1, 0.15) is 0 Å². The van der Waals surface area contributed by atoms with Gasteiger partial charge in [-0.15, -0.1) is 0 Å². The first-order valence-electron chi connectivity index (χ1n) is 5.88. The highest BCUT2D eigenvalue weighted by Gasteiger charge is 2.08. The van der Waals surface area contributed by atoms with Crippen LogP contribution in [-0.4, -0.2) is 16.6 Å². The normalized spacial score (nSPS) is 10.8. The monoisotopic (exact) mass is 280 g/mol. The third kappa shape index (κ3) is 3.03. The minimum absolute atomic E-state index is 0.0107. The van der Waals surface area contributed by atoms with E-state index in [-0.39, 0.29) is 5.91 Å². The van der Waals surface area contributed by atoms with Crippen molar-refractivity contribution in [1.82, 2.24) is 4.98 Å². The number of nitrogens with zero attached hydrogens (tertiary/aromatic N) is 1. The zero-order chi connectivity index (χ0) is 13.1. The number of anilines is 1. The topological polar surface area (TPSA) is 42.0 Å². The van der Waals surface area contributed by atoms with E-state index in [2.05, 4.69) is 48.9 Å². The molecule has 0 saturated heterocycles. The average molecular weight is 280 g/mol. The third-order valence-corrected chi connectivity index (χ3v) is 4.06. The Labute approximate surface area is 116 Å². The van der Waals surface area contributed by atoms with Crippen LogP contribution in [0.1, 0.15) is 24.0 Å². The maximum atomic E-state index is 11.6. The molecule has 0 saturated carbocycles. The lowest BCUT2D eigenvalue weighted by Gasteiger charge is -1.98. The highest BCUT2D eigenvalue weighted by atomic mass is 32.1. The molecule has 0 fully saturated rings. The van der Waals surface area contributed by atoms with Crippen molar-refractivity contribution < 1.29 is 4.79 Å². The molecule has 0 unspecified atom stereocenters. The van der Waals surface area contributed by atoms with Crippen molar-refractivity contribution in [3.63, 3.8) is 0 Å². The number of thiol groups is 1. The summed E-state index contributed by atoms with van der Waals surface area (Å²) in [5.41, 5.74) is 3.42. The fourth-order valence-corrected chi connectivity index (χ4v) is 2.77. The largest absolute Gasteiger partial charge is 0.302 e. The smallest absolute Gasteiger partial charge is 0.226 e. The molecule has 1 N–H and O–H groups in total. The highest BCUT2D eigenvalue weighted by molar-refractivity contribution is 7.80. The first-order chi connectivity index (χ1) is 8.60. The molecule has 1 amide bonds. The Morgan fingerprint density at radius 3 is 2.83 bits per heavy atom. The number of hydrogen-bond acceptors (Lipinski definition) is 4. The zero-order valence-electron chi connectivity index (χ0n) is 10.5. The van der Waals surface area contributed by atoms with E-state index in [9.17, 15) is 4.79 Å². The molecule has 5 heteroatoms. The number of amides is 1. The summed E-state index contributed by atoms with van der Waals surface area (Å²) < 4.78 is 1.11. The van der Waals surface area contributed by atoms with Crippen LogP contribution in [0.5, 0.6) is 0 Å². The van der Waals surface area contributed by atoms with Gasteiger partial charge in [-0.25, -0.2) is 4.98 Å². The Bertz CT molecular complexity index is 539. The van der Waals surface area contributed by atoms with Crippen molar-refractivity contribution in [1.29, 1.82) is 0 Å². The molecule has 0 aliphatic rings. The van der Waals surface area contributed by atoms with Crippen LogP contribution < -0.4 is 5.32 Å². The number of carbonyl (C=O) groups excluding carboxylic acids is 1. The Kier molecular flexibility index (Phi) is 4.24. The number of aryl methyl sites for hydroxylation is 2. The predicted octanol–water partition coefficient (Wildman–Crippen LogP) is 3.56. The molecule has 2 aromatic rings. The first kappa shape index (κ1) is 13.4. The molecule has 0 spiro atoms. The van der Waals surface area contributed by atoms with Crippen LogP contribution in [0.3, 0.4) is 0 Å². The summed E-state index contributed by atoms with van der Waals surface area (Å²) >= 11 is 5.61. The van der Waals surface area contributed by atoms with E-state index in [0.717, 1.165) is 22.4 Å². The lowest BCUT2D eigenvalue weighted by Crippen LogP contribution is -2.10. The van der Waals surface area contributed by atoms with Crippen LogP contribution in [0.15, 0.2) is 12.1 Å². The summed E-state index contributed by atoms with van der Waals surface area (Å²) in [6.45, 7) is 4.15. The van der Waals surface area contributed by atoms with Crippen molar-refractivity contribution in [3.05, 3.63) is 23.3 Å². The van der Waals surface area contributed by atoms with Gasteiger partial charge in [0.15, 0.2) is 5.13 Å². The van der Waals surface area contributed by atoms with Gasteiger partial charge in [0.05, 0.1) is 10.2 Å². The van der Waals surface area contributed by atoms with Crippen LogP contribution in [0, 0.1) is 13.8 Å². The van der Waals surface area contributed by atoms with Gasteiger partial charge in [-0.1, -0.05) is 11.3 Å².